The molecule has 3 aromatic rings. The fourth-order valence-electron chi connectivity index (χ4n) is 9.43. The Morgan fingerprint density at radius 2 is 1.12 bits per heavy atom. The first-order chi connectivity index (χ1) is 27.7. The van der Waals surface area contributed by atoms with Crippen molar-refractivity contribution in [3.05, 3.63) is 95.6 Å². The maximum absolute atomic E-state index is 12.6. The van der Waals surface area contributed by atoms with E-state index in [0.717, 1.165) is 103 Å². The molecule has 10 heteroatoms. The number of hydrogen-bond donors (Lipinski definition) is 1. The molecule has 0 bridgehead atoms. The van der Waals surface area contributed by atoms with Crippen LogP contribution in [0, 0.1) is 11.8 Å². The van der Waals surface area contributed by atoms with E-state index in [1.54, 1.807) is 0 Å². The maximum atomic E-state index is 12.6. The zero-order chi connectivity index (χ0) is 37.9. The molecule has 0 aliphatic carbocycles. The van der Waals surface area contributed by atoms with Crippen molar-refractivity contribution in [1.29, 1.82) is 0 Å². The van der Waals surface area contributed by atoms with Gasteiger partial charge in [-0.2, -0.15) is 0 Å². The van der Waals surface area contributed by atoms with Crippen LogP contribution >= 0.6 is 0 Å². The van der Waals surface area contributed by atoms with Gasteiger partial charge in [0.1, 0.15) is 6.61 Å². The number of nitrogens with zero attached hydrogens (tertiary/aromatic N) is 3. The number of likely N-dealkylation sites (tertiary alicyclic amines) is 1. The largest absolute Gasteiger partial charge is 0.445 e. The molecule has 302 valence electrons. The van der Waals surface area contributed by atoms with Crippen LogP contribution in [0.25, 0.3) is 0 Å². The summed E-state index contributed by atoms with van der Waals surface area (Å²) >= 11 is 0. The Kier molecular flexibility index (Phi) is 13.7. The molecule has 6 heterocycles. The molecular weight excluding hydrogens is 705 g/mol. The van der Waals surface area contributed by atoms with Crippen molar-refractivity contribution in [2.24, 2.45) is 11.8 Å². The van der Waals surface area contributed by atoms with Crippen LogP contribution < -0.4 is 15.1 Å². The van der Waals surface area contributed by atoms with Crippen LogP contribution in [0.1, 0.15) is 79.9 Å². The second-order valence-electron chi connectivity index (χ2n) is 16.4. The Morgan fingerprint density at radius 1 is 0.607 bits per heavy atom. The number of carbonyl (C=O) groups excluding carboxylic acids is 1. The van der Waals surface area contributed by atoms with Gasteiger partial charge in [-0.1, -0.05) is 54.6 Å². The standard InChI is InChI=1S/C27H34N2O4.C19H28N2O2/c30-27(33-20-21-5-2-1-3-6-21)29-14-4-7-24(19-29)22-8-10-25(11-9-22)28-15-12-23(13-16-28)26-31-17-18-32-26;1-2-17(14-20-9-1)15-3-5-18(6-4-15)21-10-7-16(8-11-21)19-22-12-13-23-19/h1-3,5-6,8-11,23-24,26H,4,7,12-20H2;3-6,16-17,19-20H,1-2,7-14H2/t24-;17-/m11/s1. The van der Waals surface area contributed by atoms with E-state index in [9.17, 15) is 4.79 Å². The third-order valence-electron chi connectivity index (χ3n) is 12.8. The smallest absolute Gasteiger partial charge is 0.410 e. The lowest BCUT2D eigenvalue weighted by atomic mass is 9.90. The van der Waals surface area contributed by atoms with E-state index in [0.29, 0.717) is 30.3 Å². The molecule has 0 saturated carbocycles. The maximum Gasteiger partial charge on any atom is 0.410 e. The second kappa shape index (κ2) is 19.7. The lowest BCUT2D eigenvalue weighted by molar-refractivity contribution is -0.0890. The average Bonchev–Trinajstić information content (AvgIpc) is 4.04. The van der Waals surface area contributed by atoms with Crippen molar-refractivity contribution < 1.29 is 28.5 Å². The zero-order valence-corrected chi connectivity index (χ0v) is 33.1. The Bertz CT molecular complexity index is 1610. The van der Waals surface area contributed by atoms with Crippen LogP contribution in [0.5, 0.6) is 0 Å². The van der Waals surface area contributed by atoms with Gasteiger partial charge in [0.2, 0.25) is 0 Å². The van der Waals surface area contributed by atoms with E-state index in [1.807, 2.05) is 35.2 Å². The summed E-state index contributed by atoms with van der Waals surface area (Å²) in [6, 6.07) is 28.1. The summed E-state index contributed by atoms with van der Waals surface area (Å²) in [6.07, 6.45) is 9.12. The van der Waals surface area contributed by atoms with Gasteiger partial charge < -0.3 is 43.7 Å². The number of ether oxygens (including phenoxy) is 5. The van der Waals surface area contributed by atoms with Gasteiger partial charge in [0.15, 0.2) is 12.6 Å². The van der Waals surface area contributed by atoms with Gasteiger partial charge in [0.05, 0.1) is 26.4 Å². The van der Waals surface area contributed by atoms with Crippen LogP contribution in [-0.4, -0.2) is 102 Å². The van der Waals surface area contributed by atoms with E-state index in [2.05, 4.69) is 63.6 Å². The van der Waals surface area contributed by atoms with Crippen molar-refractivity contribution in [2.45, 2.75) is 82.4 Å². The van der Waals surface area contributed by atoms with Gasteiger partial charge in [-0.25, -0.2) is 4.79 Å². The van der Waals surface area contributed by atoms with Crippen molar-refractivity contribution in [3.63, 3.8) is 0 Å². The van der Waals surface area contributed by atoms with E-state index in [4.69, 9.17) is 23.7 Å². The topological polar surface area (TPSA) is 85.0 Å². The summed E-state index contributed by atoms with van der Waals surface area (Å²) in [4.78, 5) is 19.4. The minimum Gasteiger partial charge on any atom is -0.445 e. The van der Waals surface area contributed by atoms with Crippen LogP contribution in [0.15, 0.2) is 78.9 Å². The molecule has 0 unspecified atom stereocenters. The number of piperidine rings is 4. The summed E-state index contributed by atoms with van der Waals surface area (Å²) in [5.74, 6) is 2.14. The molecule has 6 aliphatic rings. The number of carbonyl (C=O) groups is 1. The molecule has 1 N–H and O–H groups in total. The highest BCUT2D eigenvalue weighted by atomic mass is 16.7. The van der Waals surface area contributed by atoms with E-state index in [-0.39, 0.29) is 18.7 Å². The van der Waals surface area contributed by atoms with Crippen LogP contribution in [0.4, 0.5) is 16.2 Å². The number of amides is 1. The molecule has 0 radical (unpaired) electrons. The highest BCUT2D eigenvalue weighted by Crippen LogP contribution is 2.33. The number of nitrogens with one attached hydrogen (secondary N) is 1. The number of rotatable bonds is 8. The van der Waals surface area contributed by atoms with Crippen molar-refractivity contribution in [1.82, 2.24) is 10.2 Å². The first kappa shape index (κ1) is 39.2. The van der Waals surface area contributed by atoms with E-state index < -0.39 is 0 Å². The third kappa shape index (κ3) is 10.2. The molecule has 56 heavy (non-hydrogen) atoms. The quantitative estimate of drug-likeness (QED) is 0.250. The average molecular weight is 767 g/mol. The Morgan fingerprint density at radius 3 is 1.64 bits per heavy atom. The van der Waals surface area contributed by atoms with Crippen molar-refractivity contribution in [2.75, 3.05) is 88.6 Å². The van der Waals surface area contributed by atoms with Gasteiger partial charge in [-0.3, -0.25) is 0 Å². The minimum atomic E-state index is -0.210. The zero-order valence-electron chi connectivity index (χ0n) is 33.1. The molecule has 1 amide bonds. The highest BCUT2D eigenvalue weighted by molar-refractivity contribution is 5.68. The SMILES string of the molecule is O=C(OCc1ccccc1)N1CCC[C@@H](c2ccc(N3CCC(C4OCCO4)CC3)cc2)C1.c1cc(N2CCC(C3OCCO3)CC2)ccc1[C@@H]1CCCNC1. The first-order valence-corrected chi connectivity index (χ1v) is 21.5. The number of hydrogen-bond acceptors (Lipinski definition) is 9. The molecular formula is C46H62N4O6. The summed E-state index contributed by atoms with van der Waals surface area (Å²) in [7, 11) is 0. The third-order valence-corrected chi connectivity index (χ3v) is 12.8. The minimum absolute atomic E-state index is 0.00292. The van der Waals surface area contributed by atoms with Gasteiger partial charge in [0, 0.05) is 74.9 Å². The number of anilines is 2. The lowest BCUT2D eigenvalue weighted by Crippen LogP contribution is -2.39. The molecule has 6 fully saturated rings. The lowest BCUT2D eigenvalue weighted by Gasteiger charge is -2.35. The summed E-state index contributed by atoms with van der Waals surface area (Å²) < 4.78 is 28.3. The fourth-order valence-corrected chi connectivity index (χ4v) is 9.43. The molecule has 0 aromatic heterocycles. The fraction of sp³-hybridized carbons (Fsp3) is 0.587. The van der Waals surface area contributed by atoms with Crippen LogP contribution in [-0.2, 0) is 30.3 Å². The van der Waals surface area contributed by atoms with Crippen LogP contribution in [0.2, 0.25) is 0 Å². The number of benzene rings is 3. The molecule has 0 spiro atoms. The van der Waals surface area contributed by atoms with Gasteiger partial charge in [0.25, 0.3) is 0 Å². The van der Waals surface area contributed by atoms with E-state index in [1.165, 1.54) is 54.7 Å². The Balaban J connectivity index is 0.000000168. The molecule has 10 nitrogen and oxygen atoms in total. The predicted molar refractivity (Wildman–Crippen MR) is 219 cm³/mol. The summed E-state index contributed by atoms with van der Waals surface area (Å²) in [6.45, 7) is 11.4. The van der Waals surface area contributed by atoms with E-state index >= 15 is 0 Å². The predicted octanol–water partition coefficient (Wildman–Crippen LogP) is 7.54. The molecule has 6 aliphatic heterocycles. The summed E-state index contributed by atoms with van der Waals surface area (Å²) in [5, 5.41) is 3.51. The second-order valence-corrected chi connectivity index (χ2v) is 16.4. The first-order valence-electron chi connectivity index (χ1n) is 21.5. The molecule has 6 saturated heterocycles. The molecule has 9 rings (SSSR count). The highest BCUT2D eigenvalue weighted by Gasteiger charge is 2.32. The monoisotopic (exact) mass is 766 g/mol. The van der Waals surface area contributed by atoms with Crippen molar-refractivity contribution in [3.8, 4) is 0 Å². The van der Waals surface area contributed by atoms with Gasteiger partial charge >= 0.3 is 6.09 Å². The normalized spacial score (nSPS) is 24.5. The van der Waals surface area contributed by atoms with Crippen LogP contribution in [0.3, 0.4) is 0 Å². The summed E-state index contributed by atoms with van der Waals surface area (Å²) in [5.41, 5.74) is 6.46. The van der Waals surface area contributed by atoms with Crippen molar-refractivity contribution >= 4 is 17.5 Å². The Hall–Kier alpha value is -3.67. The van der Waals surface area contributed by atoms with Gasteiger partial charge in [-0.15, -0.1) is 0 Å². The molecule has 3 aromatic carbocycles. The molecule has 2 atom stereocenters. The van der Waals surface area contributed by atoms with Gasteiger partial charge in [-0.05, 0) is 105 Å². The Labute approximate surface area is 333 Å².